The molecule has 222 valence electrons. The molecule has 1 fully saturated rings. The lowest BCUT2D eigenvalue weighted by Crippen LogP contribution is -2.47. The van der Waals surface area contributed by atoms with Gasteiger partial charge in [-0.15, -0.1) is 0 Å². The summed E-state index contributed by atoms with van der Waals surface area (Å²) in [7, 11) is 1.85. The van der Waals surface area contributed by atoms with Crippen molar-refractivity contribution in [1.82, 2.24) is 9.80 Å². The Morgan fingerprint density at radius 2 is 1.95 bits per heavy atom. The standard InChI is InChI=1S/C28H42F2N4O4SSi/c1-26(2,3)38-25(36)34(18-37-13-14-40(6,7)8)24-32-28(17-29,20-15-19(31)9-10-21(20)30)22-16-27(22,39-24)12-11-23(35)33(4)5/h9-12,15,22H,13-14,16-18,31H2,1-8H3/b12-11+/t22-,27+,28-/m1/s1. The van der Waals surface area contributed by atoms with Gasteiger partial charge in [-0.1, -0.05) is 37.5 Å². The Kier molecular flexibility index (Phi) is 9.47. The summed E-state index contributed by atoms with van der Waals surface area (Å²) in [5.41, 5.74) is 3.79. The maximum Gasteiger partial charge on any atom is 0.418 e. The number of alkyl halides is 1. The van der Waals surface area contributed by atoms with Gasteiger partial charge < -0.3 is 20.1 Å². The number of halogens is 2. The molecule has 0 bridgehead atoms. The van der Waals surface area contributed by atoms with Crippen molar-refractivity contribution in [2.75, 3.05) is 39.8 Å². The van der Waals surface area contributed by atoms with Gasteiger partial charge in [-0.25, -0.2) is 23.5 Å². The van der Waals surface area contributed by atoms with E-state index in [4.69, 9.17) is 20.2 Å². The number of anilines is 1. The molecule has 3 atom stereocenters. The molecule has 12 heteroatoms. The number of likely N-dealkylation sites (N-methyl/N-ethyl adjacent to an activating group) is 1. The predicted octanol–water partition coefficient (Wildman–Crippen LogP) is 5.63. The Morgan fingerprint density at radius 3 is 2.52 bits per heavy atom. The normalized spacial score (nSPS) is 24.4. The average molecular weight is 597 g/mol. The van der Waals surface area contributed by atoms with Crippen molar-refractivity contribution in [3.63, 3.8) is 0 Å². The van der Waals surface area contributed by atoms with Gasteiger partial charge >= 0.3 is 6.09 Å². The summed E-state index contributed by atoms with van der Waals surface area (Å²) in [4.78, 5) is 33.3. The lowest BCUT2D eigenvalue weighted by Gasteiger charge is -2.38. The smallest absolute Gasteiger partial charge is 0.418 e. The maximum absolute atomic E-state index is 15.3. The highest BCUT2D eigenvalue weighted by Crippen LogP contribution is 2.67. The number of rotatable bonds is 9. The van der Waals surface area contributed by atoms with Crippen molar-refractivity contribution < 1.29 is 27.8 Å². The average Bonchev–Trinajstić information content (AvgIpc) is 3.56. The SMILES string of the molecule is CN(C)C(=O)/C=C/[C@]12C[C@H]1[C@@](CF)(c1cc(N)ccc1F)N=C(N(COCC[Si](C)(C)C)C(=O)OC(C)(C)C)S2. The largest absolute Gasteiger partial charge is 0.443 e. The van der Waals surface area contributed by atoms with Crippen LogP contribution < -0.4 is 5.73 Å². The van der Waals surface area contributed by atoms with E-state index in [1.54, 1.807) is 40.9 Å². The quantitative estimate of drug-likeness (QED) is 0.131. The zero-order chi connectivity index (χ0) is 30.1. The van der Waals surface area contributed by atoms with Gasteiger partial charge in [-0.05, 0) is 51.4 Å². The topological polar surface area (TPSA) is 97.5 Å². The van der Waals surface area contributed by atoms with Gasteiger partial charge in [0, 0.05) is 56.8 Å². The minimum Gasteiger partial charge on any atom is -0.443 e. The fraction of sp³-hybridized carbons (Fsp3) is 0.607. The number of hydrogen-bond acceptors (Lipinski definition) is 7. The molecule has 8 nitrogen and oxygen atoms in total. The predicted molar refractivity (Wildman–Crippen MR) is 159 cm³/mol. The van der Waals surface area contributed by atoms with Crippen LogP contribution in [0.25, 0.3) is 0 Å². The van der Waals surface area contributed by atoms with Crippen molar-refractivity contribution in [3.8, 4) is 0 Å². The molecule has 1 aliphatic carbocycles. The van der Waals surface area contributed by atoms with E-state index in [1.165, 1.54) is 45.8 Å². The summed E-state index contributed by atoms with van der Waals surface area (Å²) >= 11 is 1.24. The van der Waals surface area contributed by atoms with E-state index in [0.717, 1.165) is 6.04 Å². The number of nitrogens with zero attached hydrogens (tertiary/aromatic N) is 3. The second-order valence-electron chi connectivity index (χ2n) is 12.8. The van der Waals surface area contributed by atoms with E-state index in [-0.39, 0.29) is 29.1 Å². The first-order chi connectivity index (χ1) is 18.4. The minimum atomic E-state index is -1.66. The number of ether oxygens (including phenoxy) is 2. The van der Waals surface area contributed by atoms with Gasteiger partial charge in [0.2, 0.25) is 5.91 Å². The fourth-order valence-corrected chi connectivity index (χ4v) is 6.70. The fourth-order valence-electron chi connectivity index (χ4n) is 4.44. The molecule has 1 heterocycles. The van der Waals surface area contributed by atoms with Gasteiger partial charge in [0.25, 0.3) is 0 Å². The van der Waals surface area contributed by atoms with Crippen molar-refractivity contribution in [3.05, 3.63) is 41.7 Å². The van der Waals surface area contributed by atoms with Crippen LogP contribution in [0.2, 0.25) is 25.7 Å². The molecule has 0 unspecified atom stereocenters. The molecule has 2 aliphatic rings. The number of amides is 2. The van der Waals surface area contributed by atoms with Crippen molar-refractivity contribution in [2.24, 2.45) is 10.9 Å². The molecule has 2 amide bonds. The zero-order valence-corrected chi connectivity index (χ0v) is 26.5. The lowest BCUT2D eigenvalue weighted by atomic mass is 9.84. The molecular weight excluding hydrogens is 554 g/mol. The first kappa shape index (κ1) is 32.1. The molecule has 0 radical (unpaired) electrons. The van der Waals surface area contributed by atoms with Crippen molar-refractivity contribution in [1.29, 1.82) is 0 Å². The Hall–Kier alpha value is -2.44. The first-order valence-corrected chi connectivity index (χ1v) is 17.8. The Labute approximate surface area is 241 Å². The molecule has 1 saturated carbocycles. The number of benzene rings is 1. The number of nitrogens with two attached hydrogens (primary N) is 1. The summed E-state index contributed by atoms with van der Waals surface area (Å²) in [5.74, 6) is -1.37. The van der Waals surface area contributed by atoms with Crippen LogP contribution in [0.3, 0.4) is 0 Å². The van der Waals surface area contributed by atoms with Crippen LogP contribution in [0.15, 0.2) is 35.3 Å². The summed E-state index contributed by atoms with van der Waals surface area (Å²) in [6.07, 6.45) is 2.85. The monoisotopic (exact) mass is 596 g/mol. The van der Waals surface area contributed by atoms with Crippen molar-refractivity contribution >= 4 is 42.7 Å². The van der Waals surface area contributed by atoms with Crippen molar-refractivity contribution in [2.45, 2.75) is 68.8 Å². The van der Waals surface area contributed by atoms with E-state index < -0.39 is 48.5 Å². The third-order valence-corrected chi connectivity index (χ3v) is 9.94. The Morgan fingerprint density at radius 1 is 1.27 bits per heavy atom. The first-order valence-electron chi connectivity index (χ1n) is 13.3. The summed E-state index contributed by atoms with van der Waals surface area (Å²) in [6, 6.07) is 4.87. The number of nitrogen functional groups attached to an aromatic ring is 1. The molecule has 3 rings (SSSR count). The second kappa shape index (κ2) is 11.8. The van der Waals surface area contributed by atoms with E-state index in [1.807, 2.05) is 0 Å². The van der Waals surface area contributed by atoms with Gasteiger partial charge in [0.05, 0.1) is 0 Å². The van der Waals surface area contributed by atoms with Gasteiger partial charge in [-0.3, -0.25) is 4.79 Å². The van der Waals surface area contributed by atoms with Gasteiger partial charge in [0.15, 0.2) is 5.17 Å². The Balaban J connectivity index is 2.11. The van der Waals surface area contributed by atoms with Crippen LogP contribution >= 0.6 is 11.8 Å². The molecular formula is C28H42F2N4O4SSi. The van der Waals surface area contributed by atoms with Crippen LogP contribution in [0.5, 0.6) is 0 Å². The van der Waals surface area contributed by atoms with E-state index in [0.29, 0.717) is 13.0 Å². The highest BCUT2D eigenvalue weighted by molar-refractivity contribution is 8.15. The summed E-state index contributed by atoms with van der Waals surface area (Å²) in [5, 5.41) is 0.137. The molecule has 1 aliphatic heterocycles. The molecule has 1 aromatic carbocycles. The molecule has 0 aromatic heterocycles. The van der Waals surface area contributed by atoms with Crippen LogP contribution in [0.1, 0.15) is 32.8 Å². The highest BCUT2D eigenvalue weighted by Gasteiger charge is 2.68. The van der Waals surface area contributed by atoms with Crippen LogP contribution in [-0.4, -0.2) is 79.5 Å². The number of amidine groups is 1. The number of carbonyl (C=O) groups excluding carboxylic acids is 2. The van der Waals surface area contributed by atoms with Crippen LogP contribution in [0.4, 0.5) is 19.3 Å². The summed E-state index contributed by atoms with van der Waals surface area (Å²) in [6.45, 7) is 11.1. The molecule has 2 N–H and O–H groups in total. The number of hydrogen-bond donors (Lipinski definition) is 1. The molecule has 40 heavy (non-hydrogen) atoms. The third kappa shape index (κ3) is 7.44. The van der Waals surface area contributed by atoms with E-state index in [9.17, 15) is 9.59 Å². The van der Waals surface area contributed by atoms with Gasteiger partial charge in [-0.2, -0.15) is 0 Å². The number of fused-ring (bicyclic) bond motifs is 1. The number of aliphatic imine (C=N–C) groups is 1. The van der Waals surface area contributed by atoms with E-state index in [2.05, 4.69) is 19.6 Å². The zero-order valence-electron chi connectivity index (χ0n) is 24.7. The maximum atomic E-state index is 15.3. The van der Waals surface area contributed by atoms with Gasteiger partial charge in [0.1, 0.15) is 30.4 Å². The Bertz CT molecular complexity index is 1180. The molecule has 0 spiro atoms. The molecule has 1 aromatic rings. The number of thioether (sulfide) groups is 1. The number of carbonyl (C=O) groups is 2. The minimum absolute atomic E-state index is 0.0100. The van der Waals surface area contributed by atoms with Crippen LogP contribution in [0, 0.1) is 11.7 Å². The summed E-state index contributed by atoms with van der Waals surface area (Å²) < 4.78 is 41.3. The highest BCUT2D eigenvalue weighted by atomic mass is 32.2. The lowest BCUT2D eigenvalue weighted by molar-refractivity contribution is -0.123. The third-order valence-electron chi connectivity index (χ3n) is 6.78. The van der Waals surface area contributed by atoms with E-state index >= 15 is 8.78 Å². The molecule has 0 saturated heterocycles. The van der Waals surface area contributed by atoms with Crippen LogP contribution in [-0.2, 0) is 19.8 Å². The second-order valence-corrected chi connectivity index (χ2v) is 19.8.